The van der Waals surface area contributed by atoms with Gasteiger partial charge >= 0.3 is 0 Å². The number of nitrogens with one attached hydrogen (secondary N) is 1. The molecule has 1 heterocycles. The third kappa shape index (κ3) is 3.94. The van der Waals surface area contributed by atoms with Gasteiger partial charge in [0.2, 0.25) is 10.0 Å². The predicted octanol–water partition coefficient (Wildman–Crippen LogP) is 2.99. The van der Waals surface area contributed by atoms with Crippen LogP contribution < -0.4 is 4.72 Å². The Labute approximate surface area is 117 Å². The van der Waals surface area contributed by atoms with Crippen LogP contribution in [0.3, 0.4) is 0 Å². The van der Waals surface area contributed by atoms with Crippen molar-refractivity contribution in [3.05, 3.63) is 58.9 Å². The summed E-state index contributed by atoms with van der Waals surface area (Å²) in [6.07, 6.45) is 1.56. The second kappa shape index (κ2) is 5.59. The maximum absolute atomic E-state index is 12.0. The van der Waals surface area contributed by atoms with Crippen LogP contribution in [0.25, 0.3) is 0 Å². The van der Waals surface area contributed by atoms with E-state index in [9.17, 15) is 8.42 Å². The van der Waals surface area contributed by atoms with E-state index in [2.05, 4.69) is 9.71 Å². The molecule has 0 aliphatic heterocycles. The third-order valence-electron chi connectivity index (χ3n) is 2.47. The number of halogens is 1. The maximum atomic E-state index is 12.0. The number of benzene rings is 1. The van der Waals surface area contributed by atoms with E-state index >= 15 is 0 Å². The van der Waals surface area contributed by atoms with Gasteiger partial charge in [0, 0.05) is 16.9 Å². The number of hydrogen-bond donors (Lipinski definition) is 1. The van der Waals surface area contributed by atoms with Crippen molar-refractivity contribution in [1.82, 2.24) is 4.98 Å². The van der Waals surface area contributed by atoms with Gasteiger partial charge in [0.25, 0.3) is 0 Å². The summed E-state index contributed by atoms with van der Waals surface area (Å²) in [6.45, 7) is 1.80. The molecule has 2 rings (SSSR count). The summed E-state index contributed by atoms with van der Waals surface area (Å²) >= 11 is 5.96. The van der Waals surface area contributed by atoms with Crippen LogP contribution in [0.4, 0.5) is 5.69 Å². The van der Waals surface area contributed by atoms with E-state index < -0.39 is 10.0 Å². The van der Waals surface area contributed by atoms with Crippen LogP contribution in [-0.2, 0) is 15.8 Å². The normalized spacial score (nSPS) is 11.3. The molecule has 0 aliphatic rings. The Kier molecular flexibility index (Phi) is 4.07. The van der Waals surface area contributed by atoms with E-state index in [-0.39, 0.29) is 5.75 Å². The first-order valence-electron chi connectivity index (χ1n) is 5.63. The molecule has 1 aromatic carbocycles. The predicted molar refractivity (Wildman–Crippen MR) is 76.7 cm³/mol. The van der Waals surface area contributed by atoms with Crippen molar-refractivity contribution in [3.8, 4) is 0 Å². The third-order valence-corrected chi connectivity index (χ3v) is 4.08. The summed E-state index contributed by atoms with van der Waals surface area (Å²) in [5.74, 6) is -0.159. The standard InChI is InChI=1S/C13H13ClN2O2S/c1-10-8-12(6-7-15-10)16-19(17,18)9-11-4-2-3-5-13(11)14/h2-8H,9H2,1H3,(H,15,16). The maximum Gasteiger partial charge on any atom is 0.236 e. The highest BCUT2D eigenvalue weighted by Crippen LogP contribution is 2.19. The molecule has 1 aromatic heterocycles. The largest absolute Gasteiger partial charge is 0.283 e. The molecule has 0 spiro atoms. The van der Waals surface area contributed by atoms with Crippen molar-refractivity contribution in [2.75, 3.05) is 4.72 Å². The van der Waals surface area contributed by atoms with Crippen molar-refractivity contribution in [2.24, 2.45) is 0 Å². The Morgan fingerprint density at radius 3 is 2.68 bits per heavy atom. The fourth-order valence-electron chi connectivity index (χ4n) is 1.64. The number of nitrogens with zero attached hydrogens (tertiary/aromatic N) is 1. The molecule has 1 N–H and O–H groups in total. The zero-order valence-corrected chi connectivity index (χ0v) is 11.9. The minimum Gasteiger partial charge on any atom is -0.283 e. The first-order valence-corrected chi connectivity index (χ1v) is 7.66. The van der Waals surface area contributed by atoms with E-state index in [0.29, 0.717) is 16.3 Å². The van der Waals surface area contributed by atoms with Gasteiger partial charge in [-0.3, -0.25) is 9.71 Å². The van der Waals surface area contributed by atoms with Gasteiger partial charge in [0.05, 0.1) is 11.4 Å². The van der Waals surface area contributed by atoms with Crippen molar-refractivity contribution < 1.29 is 8.42 Å². The van der Waals surface area contributed by atoms with Crippen LogP contribution in [0.2, 0.25) is 5.02 Å². The minimum atomic E-state index is -3.49. The number of sulfonamides is 1. The molecule has 2 aromatic rings. The van der Waals surface area contributed by atoms with Gasteiger partial charge in [0.1, 0.15) is 0 Å². The van der Waals surface area contributed by atoms with Gasteiger partial charge in [-0.15, -0.1) is 0 Å². The molecule has 0 aliphatic carbocycles. The zero-order valence-electron chi connectivity index (χ0n) is 10.3. The number of anilines is 1. The lowest BCUT2D eigenvalue weighted by Crippen LogP contribution is -2.15. The SMILES string of the molecule is Cc1cc(NS(=O)(=O)Cc2ccccc2Cl)ccn1. The molecule has 6 heteroatoms. The van der Waals surface area contributed by atoms with E-state index in [4.69, 9.17) is 11.6 Å². The van der Waals surface area contributed by atoms with Crippen LogP contribution in [-0.4, -0.2) is 13.4 Å². The Balaban J connectivity index is 2.18. The van der Waals surface area contributed by atoms with Gasteiger partial charge in [0.15, 0.2) is 0 Å². The Morgan fingerprint density at radius 1 is 1.26 bits per heavy atom. The highest BCUT2D eigenvalue weighted by molar-refractivity contribution is 7.91. The molecule has 0 fully saturated rings. The monoisotopic (exact) mass is 296 g/mol. The average molecular weight is 297 g/mol. The smallest absolute Gasteiger partial charge is 0.236 e. The van der Waals surface area contributed by atoms with Crippen molar-refractivity contribution in [3.63, 3.8) is 0 Å². The quantitative estimate of drug-likeness (QED) is 0.943. The van der Waals surface area contributed by atoms with Crippen molar-refractivity contribution in [1.29, 1.82) is 0 Å². The average Bonchev–Trinajstić information content (AvgIpc) is 2.31. The highest BCUT2D eigenvalue weighted by atomic mass is 35.5. The molecular formula is C13H13ClN2O2S. The summed E-state index contributed by atoms with van der Waals surface area (Å²) in [5, 5.41) is 0.443. The summed E-state index contributed by atoms with van der Waals surface area (Å²) in [5.41, 5.74) is 1.82. The molecular weight excluding hydrogens is 284 g/mol. The molecule has 4 nitrogen and oxygen atoms in total. The van der Waals surface area contributed by atoms with Gasteiger partial charge in [-0.25, -0.2) is 8.42 Å². The van der Waals surface area contributed by atoms with E-state index in [1.54, 1.807) is 49.5 Å². The number of hydrogen-bond acceptors (Lipinski definition) is 3. The zero-order chi connectivity index (χ0) is 13.9. The summed E-state index contributed by atoms with van der Waals surface area (Å²) < 4.78 is 26.6. The molecule has 0 saturated heterocycles. The lowest BCUT2D eigenvalue weighted by Gasteiger charge is -2.09. The van der Waals surface area contributed by atoms with Crippen LogP contribution in [0.15, 0.2) is 42.6 Å². The fourth-order valence-corrected chi connectivity index (χ4v) is 3.15. The van der Waals surface area contributed by atoms with E-state index in [1.165, 1.54) is 0 Å². The molecule has 0 bridgehead atoms. The number of aryl methyl sites for hydroxylation is 1. The molecule has 100 valence electrons. The Hall–Kier alpha value is -1.59. The second-order valence-electron chi connectivity index (χ2n) is 4.14. The minimum absolute atomic E-state index is 0.159. The molecule has 0 radical (unpaired) electrons. The van der Waals surface area contributed by atoms with E-state index in [0.717, 1.165) is 5.69 Å². The van der Waals surface area contributed by atoms with Crippen molar-refractivity contribution in [2.45, 2.75) is 12.7 Å². The van der Waals surface area contributed by atoms with E-state index in [1.807, 2.05) is 0 Å². The Bertz CT molecular complexity index is 687. The summed E-state index contributed by atoms with van der Waals surface area (Å²) in [4.78, 5) is 4.01. The van der Waals surface area contributed by atoms with Crippen molar-refractivity contribution >= 4 is 27.3 Å². The van der Waals surface area contributed by atoms with Crippen LogP contribution >= 0.6 is 11.6 Å². The topological polar surface area (TPSA) is 59.1 Å². The highest BCUT2D eigenvalue weighted by Gasteiger charge is 2.13. The lowest BCUT2D eigenvalue weighted by molar-refractivity contribution is 0.600. The van der Waals surface area contributed by atoms with Crippen LogP contribution in [0, 0.1) is 6.92 Å². The molecule has 0 atom stereocenters. The first-order chi connectivity index (χ1) is 8.96. The fraction of sp³-hybridized carbons (Fsp3) is 0.154. The number of pyridine rings is 1. The molecule has 19 heavy (non-hydrogen) atoms. The number of rotatable bonds is 4. The first kappa shape index (κ1) is 13.8. The van der Waals surface area contributed by atoms with Gasteiger partial charge in [-0.2, -0.15) is 0 Å². The van der Waals surface area contributed by atoms with Crippen LogP contribution in [0.5, 0.6) is 0 Å². The van der Waals surface area contributed by atoms with Gasteiger partial charge in [-0.1, -0.05) is 29.8 Å². The molecule has 0 unspecified atom stereocenters. The summed E-state index contributed by atoms with van der Waals surface area (Å²) in [7, 11) is -3.49. The molecule has 0 saturated carbocycles. The summed E-state index contributed by atoms with van der Waals surface area (Å²) in [6, 6.07) is 10.2. The Morgan fingerprint density at radius 2 is 2.00 bits per heavy atom. The van der Waals surface area contributed by atoms with Crippen LogP contribution in [0.1, 0.15) is 11.3 Å². The second-order valence-corrected chi connectivity index (χ2v) is 6.27. The number of aromatic nitrogens is 1. The van der Waals surface area contributed by atoms with Gasteiger partial charge in [-0.05, 0) is 30.7 Å². The lowest BCUT2D eigenvalue weighted by atomic mass is 10.2. The van der Waals surface area contributed by atoms with Gasteiger partial charge < -0.3 is 0 Å². The molecule has 0 amide bonds.